The van der Waals surface area contributed by atoms with Crippen molar-refractivity contribution in [2.75, 3.05) is 46.3 Å². The summed E-state index contributed by atoms with van der Waals surface area (Å²) in [5, 5.41) is 9.47. The number of nitrogens with one attached hydrogen (secondary N) is 3. The number of likely N-dealkylation sites (N-methyl/N-ethyl adjacent to an activating group) is 1. The van der Waals surface area contributed by atoms with E-state index in [0.29, 0.717) is 60.3 Å². The lowest BCUT2D eigenvalue weighted by atomic mass is 9.95. The Bertz CT molecular complexity index is 1410. The topological polar surface area (TPSA) is 118 Å². The van der Waals surface area contributed by atoms with Gasteiger partial charge in [0.25, 0.3) is 0 Å². The number of benzene rings is 1. The molecule has 10 nitrogen and oxygen atoms in total. The number of methoxy groups -OCH3 is 3. The molecule has 2 aromatic rings. The monoisotopic (exact) mass is 608 g/mol. The highest BCUT2D eigenvalue weighted by atomic mass is 16.5. The van der Waals surface area contributed by atoms with Gasteiger partial charge in [-0.15, -0.1) is 0 Å². The van der Waals surface area contributed by atoms with Gasteiger partial charge in [0, 0.05) is 25.1 Å². The van der Waals surface area contributed by atoms with Crippen molar-refractivity contribution in [3.63, 3.8) is 0 Å². The molecule has 1 aliphatic heterocycles. The molecular formula is C34H48N4O6. The summed E-state index contributed by atoms with van der Waals surface area (Å²) in [5.41, 5.74) is 3.20. The SMILES string of the molecule is CCN1CCC[C@@H]1CNC(=O)[C@@H](CC(C)C)Nc1ccc2c(cc1=O)[C@H](NC(C)=O)CCc1cc(OC)c(OC)c(OC)c1-2. The first kappa shape index (κ1) is 33.1. The normalized spacial score (nSPS) is 18.5. The van der Waals surface area contributed by atoms with E-state index in [-0.39, 0.29) is 23.2 Å². The van der Waals surface area contributed by atoms with E-state index in [0.717, 1.165) is 42.6 Å². The molecule has 1 saturated heterocycles. The predicted octanol–water partition coefficient (Wildman–Crippen LogP) is 4.29. The Hall–Kier alpha value is -3.79. The summed E-state index contributed by atoms with van der Waals surface area (Å²) in [4.78, 5) is 42.0. The Morgan fingerprint density at radius 1 is 1.05 bits per heavy atom. The minimum absolute atomic E-state index is 0.117. The first-order valence-electron chi connectivity index (χ1n) is 15.7. The van der Waals surface area contributed by atoms with Crippen molar-refractivity contribution in [3.05, 3.63) is 45.6 Å². The van der Waals surface area contributed by atoms with Crippen molar-refractivity contribution in [2.24, 2.45) is 5.92 Å². The van der Waals surface area contributed by atoms with Crippen LogP contribution in [0.25, 0.3) is 11.1 Å². The minimum Gasteiger partial charge on any atom is -0.493 e. The second kappa shape index (κ2) is 14.8. The second-order valence-electron chi connectivity index (χ2n) is 12.1. The second-order valence-corrected chi connectivity index (χ2v) is 12.1. The molecule has 4 rings (SSSR count). The van der Waals surface area contributed by atoms with Gasteiger partial charge in [-0.1, -0.05) is 26.8 Å². The van der Waals surface area contributed by atoms with Crippen molar-refractivity contribution in [1.29, 1.82) is 0 Å². The molecule has 10 heteroatoms. The maximum atomic E-state index is 13.8. The van der Waals surface area contributed by atoms with Crippen LogP contribution in [-0.4, -0.2) is 69.8 Å². The van der Waals surface area contributed by atoms with Gasteiger partial charge in [0.2, 0.25) is 23.0 Å². The first-order valence-corrected chi connectivity index (χ1v) is 15.7. The third-order valence-electron chi connectivity index (χ3n) is 8.69. The third-order valence-corrected chi connectivity index (χ3v) is 8.69. The Kier molecular flexibility index (Phi) is 11.1. The first-order chi connectivity index (χ1) is 21.1. The zero-order valence-corrected chi connectivity index (χ0v) is 27.2. The van der Waals surface area contributed by atoms with Crippen molar-refractivity contribution < 1.29 is 23.8 Å². The lowest BCUT2D eigenvalue weighted by molar-refractivity contribution is -0.122. The van der Waals surface area contributed by atoms with Crippen LogP contribution in [0.1, 0.15) is 70.5 Å². The predicted molar refractivity (Wildman–Crippen MR) is 173 cm³/mol. The molecule has 1 fully saturated rings. The van der Waals surface area contributed by atoms with E-state index in [1.807, 2.05) is 12.1 Å². The minimum atomic E-state index is -0.585. The molecule has 2 amide bonds. The summed E-state index contributed by atoms with van der Waals surface area (Å²) in [6.07, 6.45) is 3.95. The summed E-state index contributed by atoms with van der Waals surface area (Å²) in [6.45, 7) is 10.3. The van der Waals surface area contributed by atoms with E-state index in [2.05, 4.69) is 41.6 Å². The number of rotatable bonds is 12. The molecule has 1 heterocycles. The molecule has 44 heavy (non-hydrogen) atoms. The molecule has 2 aromatic carbocycles. The van der Waals surface area contributed by atoms with Gasteiger partial charge in [-0.25, -0.2) is 0 Å². The fourth-order valence-corrected chi connectivity index (χ4v) is 6.60. The Morgan fingerprint density at radius 3 is 2.43 bits per heavy atom. The highest BCUT2D eigenvalue weighted by Gasteiger charge is 2.30. The van der Waals surface area contributed by atoms with Gasteiger partial charge in [0.1, 0.15) is 6.04 Å². The van der Waals surface area contributed by atoms with Gasteiger partial charge in [0.05, 0.1) is 33.1 Å². The van der Waals surface area contributed by atoms with E-state index in [9.17, 15) is 14.4 Å². The van der Waals surface area contributed by atoms with Gasteiger partial charge in [-0.3, -0.25) is 19.3 Å². The Morgan fingerprint density at radius 2 is 1.80 bits per heavy atom. The van der Waals surface area contributed by atoms with Gasteiger partial charge in [0.15, 0.2) is 11.5 Å². The van der Waals surface area contributed by atoms with Gasteiger partial charge in [-0.05, 0) is 86.0 Å². The quantitative estimate of drug-likeness (QED) is 0.327. The van der Waals surface area contributed by atoms with Crippen LogP contribution in [0.4, 0.5) is 5.69 Å². The van der Waals surface area contributed by atoms with Crippen molar-refractivity contribution in [3.8, 4) is 28.4 Å². The molecule has 240 valence electrons. The average Bonchev–Trinajstić information content (AvgIpc) is 3.34. The lowest BCUT2D eigenvalue weighted by Gasteiger charge is -2.25. The summed E-state index contributed by atoms with van der Waals surface area (Å²) >= 11 is 0. The van der Waals surface area contributed by atoms with Crippen LogP contribution in [0.15, 0.2) is 29.1 Å². The number of hydrogen-bond acceptors (Lipinski definition) is 8. The largest absolute Gasteiger partial charge is 0.493 e. The van der Waals surface area contributed by atoms with Crippen molar-refractivity contribution in [2.45, 2.75) is 77.9 Å². The summed E-state index contributed by atoms with van der Waals surface area (Å²) in [7, 11) is 4.70. The smallest absolute Gasteiger partial charge is 0.242 e. The van der Waals surface area contributed by atoms with Crippen LogP contribution in [0, 0.1) is 5.92 Å². The molecule has 0 spiro atoms. The molecule has 0 bridgehead atoms. The zero-order chi connectivity index (χ0) is 32.0. The van der Waals surface area contributed by atoms with Crippen LogP contribution in [0.5, 0.6) is 17.2 Å². The molecule has 3 atom stereocenters. The van der Waals surface area contributed by atoms with Gasteiger partial charge in [-0.2, -0.15) is 0 Å². The molecule has 0 radical (unpaired) electrons. The Labute approximate surface area is 260 Å². The van der Waals surface area contributed by atoms with E-state index in [1.165, 1.54) is 6.92 Å². The number of carbonyl (C=O) groups is 2. The van der Waals surface area contributed by atoms with E-state index in [1.54, 1.807) is 33.5 Å². The van der Waals surface area contributed by atoms with Gasteiger partial charge < -0.3 is 30.2 Å². The maximum absolute atomic E-state index is 13.8. The zero-order valence-electron chi connectivity index (χ0n) is 27.2. The number of ether oxygens (including phenoxy) is 3. The number of hydrogen-bond donors (Lipinski definition) is 3. The highest BCUT2D eigenvalue weighted by Crippen LogP contribution is 2.50. The third kappa shape index (κ3) is 7.29. The average molecular weight is 609 g/mol. The van der Waals surface area contributed by atoms with E-state index >= 15 is 0 Å². The van der Waals surface area contributed by atoms with Crippen LogP contribution in [-0.2, 0) is 16.0 Å². The number of carbonyl (C=O) groups excluding carboxylic acids is 2. The number of amides is 2. The summed E-state index contributed by atoms with van der Waals surface area (Å²) in [6, 6.07) is 6.44. The summed E-state index contributed by atoms with van der Waals surface area (Å²) in [5.74, 6) is 1.39. The van der Waals surface area contributed by atoms with Crippen molar-refractivity contribution in [1.82, 2.24) is 15.5 Å². The number of anilines is 1. The highest BCUT2D eigenvalue weighted by molar-refractivity contribution is 5.86. The van der Waals surface area contributed by atoms with Crippen LogP contribution in [0.2, 0.25) is 0 Å². The molecule has 0 unspecified atom stereocenters. The number of fused-ring (bicyclic) bond motifs is 3. The fourth-order valence-electron chi connectivity index (χ4n) is 6.60. The molecular weight excluding hydrogens is 560 g/mol. The number of aryl methyl sites for hydroxylation is 1. The summed E-state index contributed by atoms with van der Waals surface area (Å²) < 4.78 is 17.2. The van der Waals surface area contributed by atoms with E-state index in [4.69, 9.17) is 14.2 Å². The molecule has 0 aromatic heterocycles. The standard InChI is InChI=1S/C34H48N4O6/c1-8-38-15-9-10-23(38)19-35-34(41)28(16-20(2)3)37-27-14-12-24-25(18-29(27)40)26(36-21(4)39)13-11-22-17-30(42-5)32(43-6)33(44-7)31(22)24/h12,14,17-18,20,23,26,28H,8-11,13,15-16,19H2,1-7H3,(H,35,41)(H,36,39)(H,37,40)/t23-,26-,28-/m1/s1. The van der Waals surface area contributed by atoms with Crippen LogP contribution in [0.3, 0.4) is 0 Å². The molecule has 3 N–H and O–H groups in total. The Balaban J connectivity index is 1.77. The number of likely N-dealkylation sites (tertiary alicyclic amines) is 1. The maximum Gasteiger partial charge on any atom is 0.242 e. The van der Waals surface area contributed by atoms with Crippen LogP contribution >= 0.6 is 0 Å². The van der Waals surface area contributed by atoms with Gasteiger partial charge >= 0.3 is 0 Å². The lowest BCUT2D eigenvalue weighted by Crippen LogP contribution is -2.46. The molecule has 1 aliphatic carbocycles. The fraction of sp³-hybridized carbons (Fsp3) is 0.559. The number of nitrogens with zero attached hydrogens (tertiary/aromatic N) is 1. The van der Waals surface area contributed by atoms with E-state index < -0.39 is 12.1 Å². The molecule has 0 saturated carbocycles. The molecule has 2 aliphatic rings. The van der Waals surface area contributed by atoms with Crippen LogP contribution < -0.4 is 35.6 Å². The van der Waals surface area contributed by atoms with Crippen molar-refractivity contribution >= 4 is 17.5 Å².